The van der Waals surface area contributed by atoms with E-state index < -0.39 is 6.10 Å². The molecule has 0 radical (unpaired) electrons. The largest absolute Gasteiger partial charge is 0.481 e. The smallest absolute Gasteiger partial charge is 0.263 e. The maximum Gasteiger partial charge on any atom is 0.263 e. The molecule has 120 valence electrons. The number of hydrogen-bond acceptors (Lipinski definition) is 2. The highest BCUT2D eigenvalue weighted by molar-refractivity contribution is 5.81. The number of aryl methyl sites for hydroxylation is 1. The van der Waals surface area contributed by atoms with E-state index in [-0.39, 0.29) is 5.91 Å². The molecule has 0 aliphatic carbocycles. The minimum absolute atomic E-state index is 0.0559. The average Bonchev–Trinajstić information content (AvgIpc) is 2.57. The summed E-state index contributed by atoms with van der Waals surface area (Å²) in [7, 11) is 0. The molecule has 23 heavy (non-hydrogen) atoms. The zero-order valence-electron chi connectivity index (χ0n) is 14.0. The van der Waals surface area contributed by atoms with Gasteiger partial charge in [-0.25, -0.2) is 0 Å². The molecule has 1 atom stereocenters. The lowest BCUT2D eigenvalue weighted by Crippen LogP contribution is -2.43. The topological polar surface area (TPSA) is 29.5 Å². The van der Waals surface area contributed by atoms with Gasteiger partial charge in [-0.3, -0.25) is 4.79 Å². The van der Waals surface area contributed by atoms with E-state index in [1.807, 2.05) is 36.9 Å². The molecule has 0 unspecified atom stereocenters. The summed E-state index contributed by atoms with van der Waals surface area (Å²) in [5.74, 6) is 0.851. The van der Waals surface area contributed by atoms with Crippen LogP contribution in [0.1, 0.15) is 29.2 Å². The third-order valence-electron chi connectivity index (χ3n) is 4.65. The minimum Gasteiger partial charge on any atom is -0.481 e. The van der Waals surface area contributed by atoms with Crippen LogP contribution in [-0.4, -0.2) is 23.5 Å². The summed E-state index contributed by atoms with van der Waals surface area (Å²) in [6, 6.07) is 14.3. The van der Waals surface area contributed by atoms with E-state index in [1.54, 1.807) is 0 Å². The predicted octanol–water partition coefficient (Wildman–Crippen LogP) is 3.66. The standard InChI is InChI=1S/C20H23NO2/c1-14-7-6-10-19(15(14)2)23-16(3)20(22)21-12-11-17-8-4-5-9-18(17)13-21/h4-10,16H,11-13H2,1-3H3/t16-/m0/s1. The minimum atomic E-state index is -0.472. The summed E-state index contributed by atoms with van der Waals surface area (Å²) in [6.45, 7) is 7.35. The van der Waals surface area contributed by atoms with Gasteiger partial charge in [-0.05, 0) is 55.5 Å². The van der Waals surface area contributed by atoms with Gasteiger partial charge in [-0.15, -0.1) is 0 Å². The van der Waals surface area contributed by atoms with Crippen LogP contribution in [-0.2, 0) is 17.8 Å². The molecular weight excluding hydrogens is 286 g/mol. The monoisotopic (exact) mass is 309 g/mol. The van der Waals surface area contributed by atoms with Crippen molar-refractivity contribution in [2.75, 3.05) is 6.54 Å². The van der Waals surface area contributed by atoms with E-state index in [2.05, 4.69) is 31.2 Å². The van der Waals surface area contributed by atoms with Crippen LogP contribution in [0.2, 0.25) is 0 Å². The number of rotatable bonds is 3. The molecule has 0 spiro atoms. The Hall–Kier alpha value is -2.29. The van der Waals surface area contributed by atoms with E-state index in [0.29, 0.717) is 6.54 Å². The molecule has 1 aliphatic heterocycles. The van der Waals surface area contributed by atoms with Crippen LogP contribution in [0.15, 0.2) is 42.5 Å². The lowest BCUT2D eigenvalue weighted by Gasteiger charge is -2.31. The lowest BCUT2D eigenvalue weighted by molar-refractivity contribution is -0.138. The van der Waals surface area contributed by atoms with Crippen molar-refractivity contribution in [1.29, 1.82) is 0 Å². The maximum atomic E-state index is 12.7. The van der Waals surface area contributed by atoms with Crippen molar-refractivity contribution in [3.05, 3.63) is 64.7 Å². The van der Waals surface area contributed by atoms with Gasteiger partial charge >= 0.3 is 0 Å². The zero-order chi connectivity index (χ0) is 16.4. The van der Waals surface area contributed by atoms with Crippen molar-refractivity contribution in [3.8, 4) is 5.75 Å². The number of fused-ring (bicyclic) bond motifs is 1. The van der Waals surface area contributed by atoms with E-state index in [1.165, 1.54) is 16.7 Å². The Morgan fingerprint density at radius 1 is 1.09 bits per heavy atom. The number of nitrogens with zero attached hydrogens (tertiary/aromatic N) is 1. The van der Waals surface area contributed by atoms with Crippen molar-refractivity contribution < 1.29 is 9.53 Å². The fourth-order valence-corrected chi connectivity index (χ4v) is 3.03. The molecule has 1 heterocycles. The quantitative estimate of drug-likeness (QED) is 0.866. The lowest BCUT2D eigenvalue weighted by atomic mass is 9.99. The molecule has 2 aromatic carbocycles. The van der Waals surface area contributed by atoms with Gasteiger partial charge in [-0.1, -0.05) is 36.4 Å². The third-order valence-corrected chi connectivity index (χ3v) is 4.65. The molecule has 0 saturated heterocycles. The van der Waals surface area contributed by atoms with Crippen LogP contribution < -0.4 is 4.74 Å². The second-order valence-electron chi connectivity index (χ2n) is 6.24. The number of carbonyl (C=O) groups excluding carboxylic acids is 1. The fourth-order valence-electron chi connectivity index (χ4n) is 3.03. The summed E-state index contributed by atoms with van der Waals surface area (Å²) in [4.78, 5) is 14.6. The highest BCUT2D eigenvalue weighted by Gasteiger charge is 2.26. The Morgan fingerprint density at radius 3 is 2.61 bits per heavy atom. The Morgan fingerprint density at radius 2 is 1.83 bits per heavy atom. The average molecular weight is 309 g/mol. The Bertz CT molecular complexity index is 723. The Labute approximate surface area is 137 Å². The van der Waals surface area contributed by atoms with Crippen LogP contribution >= 0.6 is 0 Å². The van der Waals surface area contributed by atoms with Crippen LogP contribution in [0, 0.1) is 13.8 Å². The zero-order valence-corrected chi connectivity index (χ0v) is 14.0. The first-order chi connectivity index (χ1) is 11.1. The van der Waals surface area contributed by atoms with Gasteiger partial charge in [0.05, 0.1) is 0 Å². The molecular formula is C20H23NO2. The van der Waals surface area contributed by atoms with Crippen LogP contribution in [0.3, 0.4) is 0 Å². The molecule has 2 aromatic rings. The van der Waals surface area contributed by atoms with Crippen molar-refractivity contribution in [3.63, 3.8) is 0 Å². The summed E-state index contributed by atoms with van der Waals surface area (Å²) in [6.07, 6.45) is 0.443. The van der Waals surface area contributed by atoms with Crippen molar-refractivity contribution in [2.24, 2.45) is 0 Å². The summed E-state index contributed by atoms with van der Waals surface area (Å²) in [5.41, 5.74) is 4.86. The summed E-state index contributed by atoms with van der Waals surface area (Å²) >= 11 is 0. The van der Waals surface area contributed by atoms with Gasteiger partial charge < -0.3 is 9.64 Å². The number of hydrogen-bond donors (Lipinski definition) is 0. The van der Waals surface area contributed by atoms with Gasteiger partial charge in [0.15, 0.2) is 6.10 Å². The molecule has 0 bridgehead atoms. The number of amides is 1. The first-order valence-electron chi connectivity index (χ1n) is 8.14. The SMILES string of the molecule is Cc1cccc(O[C@@H](C)C(=O)N2CCc3ccccc3C2)c1C. The first-order valence-corrected chi connectivity index (χ1v) is 8.14. The molecule has 3 heteroatoms. The van der Waals surface area contributed by atoms with Crippen LogP contribution in [0.4, 0.5) is 0 Å². The van der Waals surface area contributed by atoms with E-state index in [0.717, 1.165) is 24.3 Å². The van der Waals surface area contributed by atoms with E-state index in [9.17, 15) is 4.79 Å². The van der Waals surface area contributed by atoms with Gasteiger partial charge in [-0.2, -0.15) is 0 Å². The van der Waals surface area contributed by atoms with E-state index in [4.69, 9.17) is 4.74 Å². The van der Waals surface area contributed by atoms with Crippen molar-refractivity contribution in [2.45, 2.75) is 39.8 Å². The maximum absolute atomic E-state index is 12.7. The second kappa shape index (κ2) is 6.45. The molecule has 1 aliphatic rings. The molecule has 1 amide bonds. The van der Waals surface area contributed by atoms with Gasteiger partial charge in [0.1, 0.15) is 5.75 Å². The predicted molar refractivity (Wildman–Crippen MR) is 91.6 cm³/mol. The summed E-state index contributed by atoms with van der Waals surface area (Å²) in [5, 5.41) is 0. The molecule has 3 nitrogen and oxygen atoms in total. The number of carbonyl (C=O) groups is 1. The van der Waals surface area contributed by atoms with Crippen LogP contribution in [0.5, 0.6) is 5.75 Å². The van der Waals surface area contributed by atoms with Crippen molar-refractivity contribution >= 4 is 5.91 Å². The van der Waals surface area contributed by atoms with Crippen molar-refractivity contribution in [1.82, 2.24) is 4.90 Å². The van der Waals surface area contributed by atoms with Gasteiger partial charge in [0.2, 0.25) is 0 Å². The summed E-state index contributed by atoms with van der Waals surface area (Å²) < 4.78 is 5.94. The number of ether oxygens (including phenoxy) is 1. The highest BCUT2D eigenvalue weighted by atomic mass is 16.5. The molecule has 3 rings (SSSR count). The Kier molecular flexibility index (Phi) is 4.37. The number of benzene rings is 2. The fraction of sp³-hybridized carbons (Fsp3) is 0.350. The molecule has 0 N–H and O–H groups in total. The first kappa shape index (κ1) is 15.6. The molecule has 0 saturated carbocycles. The third kappa shape index (κ3) is 3.24. The van der Waals surface area contributed by atoms with Gasteiger partial charge in [0, 0.05) is 13.1 Å². The van der Waals surface area contributed by atoms with Gasteiger partial charge in [0.25, 0.3) is 5.91 Å². The molecule has 0 aromatic heterocycles. The van der Waals surface area contributed by atoms with E-state index >= 15 is 0 Å². The second-order valence-corrected chi connectivity index (χ2v) is 6.24. The van der Waals surface area contributed by atoms with Crippen LogP contribution in [0.25, 0.3) is 0 Å². The Balaban J connectivity index is 1.70. The normalized spacial score (nSPS) is 15.0. The highest BCUT2D eigenvalue weighted by Crippen LogP contribution is 2.23. The molecule has 0 fully saturated rings.